The predicted molar refractivity (Wildman–Crippen MR) is 105 cm³/mol. The number of nitrogen functional groups attached to an aromatic ring is 1. The maximum atomic E-state index is 6.16. The first-order valence-electron chi connectivity index (χ1n) is 9.02. The van der Waals surface area contributed by atoms with E-state index in [1.165, 1.54) is 0 Å². The minimum Gasteiger partial charge on any atom is -0.493 e. The molecule has 3 N–H and O–H groups in total. The first-order valence-corrected chi connectivity index (χ1v) is 9.02. The number of benzene rings is 1. The van der Waals surface area contributed by atoms with Crippen LogP contribution in [0, 0.1) is 0 Å². The van der Waals surface area contributed by atoms with Crippen molar-refractivity contribution in [1.29, 1.82) is 0 Å². The number of piperidine rings is 1. The van der Waals surface area contributed by atoms with Crippen molar-refractivity contribution in [3.05, 3.63) is 12.1 Å². The molecule has 0 aliphatic carbocycles. The summed E-state index contributed by atoms with van der Waals surface area (Å²) >= 11 is 0. The molecule has 2 heterocycles. The van der Waals surface area contributed by atoms with Crippen LogP contribution < -0.4 is 20.5 Å². The maximum absolute atomic E-state index is 6.16. The average Bonchev–Trinajstić information content (AvgIpc) is 2.60. The van der Waals surface area contributed by atoms with Crippen LogP contribution in [0.4, 0.5) is 11.8 Å². The van der Waals surface area contributed by atoms with E-state index in [9.17, 15) is 0 Å². The van der Waals surface area contributed by atoms with Gasteiger partial charge in [-0.1, -0.05) is 0 Å². The van der Waals surface area contributed by atoms with Crippen LogP contribution in [0.1, 0.15) is 33.6 Å². The fourth-order valence-corrected chi connectivity index (χ4v) is 3.42. The second-order valence-electron chi connectivity index (χ2n) is 7.73. The highest BCUT2D eigenvalue weighted by Crippen LogP contribution is 2.34. The Labute approximate surface area is 154 Å². The molecule has 7 heteroatoms. The predicted octanol–water partition coefficient (Wildman–Crippen LogP) is 2.90. The molecule has 26 heavy (non-hydrogen) atoms. The van der Waals surface area contributed by atoms with Crippen molar-refractivity contribution >= 4 is 22.7 Å². The lowest BCUT2D eigenvalue weighted by molar-refractivity contribution is 0.106. The Hall–Kier alpha value is -2.28. The van der Waals surface area contributed by atoms with Crippen molar-refractivity contribution in [2.45, 2.75) is 45.2 Å². The summed E-state index contributed by atoms with van der Waals surface area (Å²) in [6, 6.07) is 4.00. The zero-order chi connectivity index (χ0) is 18.9. The molecule has 0 saturated carbocycles. The van der Waals surface area contributed by atoms with Crippen molar-refractivity contribution in [2.24, 2.45) is 0 Å². The number of nitrogens with one attached hydrogen (secondary N) is 1. The molecule has 0 bridgehead atoms. The van der Waals surface area contributed by atoms with E-state index in [-0.39, 0.29) is 5.54 Å². The number of hydrogen-bond acceptors (Lipinski definition) is 7. The van der Waals surface area contributed by atoms with Crippen LogP contribution in [-0.4, -0.2) is 53.8 Å². The van der Waals surface area contributed by atoms with E-state index in [1.807, 2.05) is 12.1 Å². The second-order valence-corrected chi connectivity index (χ2v) is 7.73. The number of likely N-dealkylation sites (tertiary alicyclic amines) is 1. The van der Waals surface area contributed by atoms with Crippen molar-refractivity contribution in [3.63, 3.8) is 0 Å². The number of anilines is 2. The monoisotopic (exact) mass is 359 g/mol. The molecule has 7 nitrogen and oxygen atoms in total. The molecule has 0 spiro atoms. The van der Waals surface area contributed by atoms with E-state index in [1.54, 1.807) is 14.2 Å². The molecule has 0 unspecified atom stereocenters. The van der Waals surface area contributed by atoms with Gasteiger partial charge in [0, 0.05) is 36.1 Å². The smallest absolute Gasteiger partial charge is 0.225 e. The molecular weight excluding hydrogens is 330 g/mol. The molecular formula is C19H29N5O2. The highest BCUT2D eigenvalue weighted by molar-refractivity contribution is 5.91. The fraction of sp³-hybridized carbons (Fsp3) is 0.579. The number of methoxy groups -OCH3 is 2. The standard InChI is InChI=1S/C19H29N5O2/c1-19(2,3)24-8-6-12(7-9-24)21-18-22-14-11-16(26-5)15(25-4)10-13(14)17(20)23-18/h10-12H,6-9H2,1-5H3,(H3,20,21,22,23). The summed E-state index contributed by atoms with van der Waals surface area (Å²) in [5, 5.41) is 4.21. The summed E-state index contributed by atoms with van der Waals surface area (Å²) in [6.07, 6.45) is 2.12. The van der Waals surface area contributed by atoms with Gasteiger partial charge < -0.3 is 20.5 Å². The van der Waals surface area contributed by atoms with E-state index in [0.717, 1.165) is 36.8 Å². The number of fused-ring (bicyclic) bond motifs is 1. The lowest BCUT2D eigenvalue weighted by Gasteiger charge is -2.41. The fourth-order valence-electron chi connectivity index (χ4n) is 3.42. The molecule has 0 amide bonds. The van der Waals surface area contributed by atoms with Gasteiger partial charge in [0.15, 0.2) is 11.5 Å². The van der Waals surface area contributed by atoms with E-state index in [4.69, 9.17) is 15.2 Å². The van der Waals surface area contributed by atoms with E-state index in [0.29, 0.717) is 29.3 Å². The number of hydrogen-bond donors (Lipinski definition) is 2. The average molecular weight is 359 g/mol. The molecule has 1 aromatic carbocycles. The van der Waals surface area contributed by atoms with Gasteiger partial charge in [-0.15, -0.1) is 0 Å². The second kappa shape index (κ2) is 7.15. The SMILES string of the molecule is COc1cc2nc(NC3CCN(C(C)(C)C)CC3)nc(N)c2cc1OC. The van der Waals surface area contributed by atoms with Crippen LogP contribution in [0.15, 0.2) is 12.1 Å². The minimum atomic E-state index is 0.213. The zero-order valence-corrected chi connectivity index (χ0v) is 16.3. The van der Waals surface area contributed by atoms with Gasteiger partial charge in [-0.2, -0.15) is 4.98 Å². The first kappa shape index (κ1) is 18.5. The number of nitrogens with two attached hydrogens (primary N) is 1. The number of ether oxygens (including phenoxy) is 2. The molecule has 0 radical (unpaired) electrons. The molecule has 1 aliphatic rings. The molecule has 1 saturated heterocycles. The Balaban J connectivity index is 1.79. The van der Waals surface area contributed by atoms with Gasteiger partial charge in [0.2, 0.25) is 5.95 Å². The summed E-state index contributed by atoms with van der Waals surface area (Å²) < 4.78 is 10.7. The van der Waals surface area contributed by atoms with Crippen molar-refractivity contribution in [1.82, 2.24) is 14.9 Å². The van der Waals surface area contributed by atoms with Crippen LogP contribution in [0.5, 0.6) is 11.5 Å². The van der Waals surface area contributed by atoms with Gasteiger partial charge in [0.1, 0.15) is 5.82 Å². The third-order valence-corrected chi connectivity index (χ3v) is 5.01. The van der Waals surface area contributed by atoms with Gasteiger partial charge in [-0.3, -0.25) is 4.90 Å². The molecule has 142 valence electrons. The molecule has 1 aromatic heterocycles. The van der Waals surface area contributed by atoms with Crippen molar-refractivity contribution < 1.29 is 9.47 Å². The topological polar surface area (TPSA) is 85.5 Å². The third-order valence-electron chi connectivity index (χ3n) is 5.01. The lowest BCUT2D eigenvalue weighted by Crippen LogP contribution is -2.48. The third kappa shape index (κ3) is 3.77. The highest BCUT2D eigenvalue weighted by atomic mass is 16.5. The van der Waals surface area contributed by atoms with Crippen LogP contribution in [0.25, 0.3) is 10.9 Å². The summed E-state index contributed by atoms with van der Waals surface area (Å²) in [7, 11) is 3.21. The van der Waals surface area contributed by atoms with Gasteiger partial charge in [-0.05, 0) is 39.7 Å². The van der Waals surface area contributed by atoms with Gasteiger partial charge in [-0.25, -0.2) is 4.98 Å². The highest BCUT2D eigenvalue weighted by Gasteiger charge is 2.27. The molecule has 0 atom stereocenters. The number of rotatable bonds is 4. The van der Waals surface area contributed by atoms with E-state index in [2.05, 4.69) is 41.0 Å². The van der Waals surface area contributed by atoms with Gasteiger partial charge in [0.05, 0.1) is 19.7 Å². The largest absolute Gasteiger partial charge is 0.493 e. The normalized spacial score (nSPS) is 16.7. The zero-order valence-electron chi connectivity index (χ0n) is 16.3. The van der Waals surface area contributed by atoms with Gasteiger partial charge >= 0.3 is 0 Å². The van der Waals surface area contributed by atoms with Crippen LogP contribution in [0.3, 0.4) is 0 Å². The molecule has 1 aliphatic heterocycles. The first-order chi connectivity index (χ1) is 12.3. The van der Waals surface area contributed by atoms with Crippen LogP contribution in [0.2, 0.25) is 0 Å². The van der Waals surface area contributed by atoms with Crippen molar-refractivity contribution in [2.75, 3.05) is 38.4 Å². The Kier molecular flexibility index (Phi) is 5.09. The Morgan fingerprint density at radius 1 is 1.08 bits per heavy atom. The molecule has 1 fully saturated rings. The van der Waals surface area contributed by atoms with Gasteiger partial charge in [0.25, 0.3) is 0 Å². The maximum Gasteiger partial charge on any atom is 0.225 e. The summed E-state index contributed by atoms with van der Waals surface area (Å²) in [6.45, 7) is 8.91. The molecule has 2 aromatic rings. The summed E-state index contributed by atoms with van der Waals surface area (Å²) in [5.74, 6) is 2.25. The lowest BCUT2D eigenvalue weighted by atomic mass is 9.98. The Morgan fingerprint density at radius 2 is 1.69 bits per heavy atom. The van der Waals surface area contributed by atoms with E-state index >= 15 is 0 Å². The van der Waals surface area contributed by atoms with Crippen molar-refractivity contribution in [3.8, 4) is 11.5 Å². The Morgan fingerprint density at radius 3 is 2.27 bits per heavy atom. The van der Waals surface area contributed by atoms with Crippen LogP contribution in [-0.2, 0) is 0 Å². The molecule has 3 rings (SSSR count). The van der Waals surface area contributed by atoms with Crippen LogP contribution >= 0.6 is 0 Å². The number of nitrogens with zero attached hydrogens (tertiary/aromatic N) is 3. The minimum absolute atomic E-state index is 0.213. The van der Waals surface area contributed by atoms with E-state index < -0.39 is 0 Å². The Bertz CT molecular complexity index is 780. The number of aromatic nitrogens is 2. The summed E-state index contributed by atoms with van der Waals surface area (Å²) in [4.78, 5) is 11.6. The summed E-state index contributed by atoms with van der Waals surface area (Å²) in [5.41, 5.74) is 7.11. The quantitative estimate of drug-likeness (QED) is 0.868.